The number of likely N-dealkylation sites (N-methyl/N-ethyl adjacent to an activating group) is 1. The van der Waals surface area contributed by atoms with Crippen molar-refractivity contribution in [1.82, 2.24) is 5.32 Å². The number of halogens is 2. The number of benzene rings is 1. The fraction of sp³-hybridized carbons (Fsp3) is 0.462. The fourth-order valence-electron chi connectivity index (χ4n) is 2.05. The van der Waals surface area contributed by atoms with Gasteiger partial charge in [0.05, 0.1) is 19.1 Å². The topological polar surface area (TPSA) is 50.4 Å². The molecule has 1 aliphatic rings. The molecule has 0 aromatic heterocycles. The summed E-state index contributed by atoms with van der Waals surface area (Å²) < 4.78 is 29.7. The highest BCUT2D eigenvalue weighted by Gasteiger charge is 2.32. The zero-order chi connectivity index (χ0) is 14.5. The van der Waals surface area contributed by atoms with Crippen molar-refractivity contribution < 1.29 is 18.3 Å². The van der Waals surface area contributed by atoms with Crippen molar-refractivity contribution >= 4 is 23.4 Å². The van der Waals surface area contributed by atoms with Gasteiger partial charge in [0.25, 0.3) is 5.76 Å². The van der Waals surface area contributed by atoms with E-state index in [0.717, 1.165) is 0 Å². The summed E-state index contributed by atoms with van der Waals surface area (Å²) >= 11 is 0.479. The molecule has 1 fully saturated rings. The number of carbonyl (C=O) groups is 1. The Kier molecular flexibility index (Phi) is 5.33. The number of ether oxygens (including phenoxy) is 1. The molecule has 2 rings (SSSR count). The van der Waals surface area contributed by atoms with Crippen molar-refractivity contribution in [2.24, 2.45) is 5.92 Å². The van der Waals surface area contributed by atoms with Crippen LogP contribution >= 0.6 is 11.8 Å². The standard InChI is InChI=1S/C13H16F2N2O2S/c1-16-11-7-19-6-10(11)12(18)17-8-2-4-9(5-3-8)20-13(14)15/h2-5,10-11,13,16H,6-7H2,1H3,(H,17,18). The van der Waals surface area contributed by atoms with E-state index in [0.29, 0.717) is 35.6 Å². The van der Waals surface area contributed by atoms with Gasteiger partial charge in [-0.15, -0.1) is 0 Å². The first-order chi connectivity index (χ1) is 9.60. The van der Waals surface area contributed by atoms with Gasteiger partial charge in [-0.05, 0) is 31.3 Å². The third kappa shape index (κ3) is 3.91. The van der Waals surface area contributed by atoms with Crippen molar-refractivity contribution in [1.29, 1.82) is 0 Å². The predicted octanol–water partition coefficient (Wildman–Crippen LogP) is 2.17. The number of alkyl halides is 2. The van der Waals surface area contributed by atoms with Crippen LogP contribution in [-0.2, 0) is 9.53 Å². The van der Waals surface area contributed by atoms with Gasteiger partial charge in [-0.2, -0.15) is 8.78 Å². The van der Waals surface area contributed by atoms with Crippen LogP contribution in [0.25, 0.3) is 0 Å². The van der Waals surface area contributed by atoms with Gasteiger partial charge in [0.15, 0.2) is 0 Å². The summed E-state index contributed by atoms with van der Waals surface area (Å²) in [5.74, 6) is -2.81. The summed E-state index contributed by atoms with van der Waals surface area (Å²) in [7, 11) is 1.79. The fourth-order valence-corrected chi connectivity index (χ4v) is 2.55. The molecule has 110 valence electrons. The molecular weight excluding hydrogens is 286 g/mol. The van der Waals surface area contributed by atoms with Gasteiger partial charge in [-0.25, -0.2) is 0 Å². The molecule has 1 aromatic rings. The highest BCUT2D eigenvalue weighted by molar-refractivity contribution is 7.99. The largest absolute Gasteiger partial charge is 0.379 e. The minimum absolute atomic E-state index is 0.00339. The number of hydrogen-bond donors (Lipinski definition) is 2. The third-order valence-corrected chi connectivity index (χ3v) is 3.86. The molecule has 2 atom stereocenters. The number of thioether (sulfide) groups is 1. The van der Waals surface area contributed by atoms with Crippen LogP contribution in [0.2, 0.25) is 0 Å². The first kappa shape index (κ1) is 15.2. The van der Waals surface area contributed by atoms with Crippen LogP contribution in [0.1, 0.15) is 0 Å². The molecule has 20 heavy (non-hydrogen) atoms. The second-order valence-corrected chi connectivity index (χ2v) is 5.49. The molecule has 4 nitrogen and oxygen atoms in total. The summed E-state index contributed by atoms with van der Waals surface area (Å²) in [6.07, 6.45) is 0. The average Bonchev–Trinajstić information content (AvgIpc) is 2.89. The van der Waals surface area contributed by atoms with E-state index < -0.39 is 5.76 Å². The van der Waals surface area contributed by atoms with Gasteiger partial charge in [-0.3, -0.25) is 4.79 Å². The van der Waals surface area contributed by atoms with Gasteiger partial charge in [0.2, 0.25) is 5.91 Å². The molecular formula is C13H16F2N2O2S. The molecule has 1 amide bonds. The number of carbonyl (C=O) groups excluding carboxylic acids is 1. The Hall–Kier alpha value is -1.18. The van der Waals surface area contributed by atoms with Gasteiger partial charge in [-0.1, -0.05) is 11.8 Å². The van der Waals surface area contributed by atoms with Crippen LogP contribution in [0.3, 0.4) is 0 Å². The summed E-state index contributed by atoms with van der Waals surface area (Å²) in [6, 6.07) is 6.36. The van der Waals surface area contributed by atoms with Crippen LogP contribution in [-0.4, -0.2) is 38.0 Å². The highest BCUT2D eigenvalue weighted by atomic mass is 32.2. The second-order valence-electron chi connectivity index (χ2n) is 4.43. The van der Waals surface area contributed by atoms with Crippen LogP contribution in [0, 0.1) is 5.92 Å². The van der Waals surface area contributed by atoms with Crippen molar-refractivity contribution in [3.05, 3.63) is 24.3 Å². The lowest BCUT2D eigenvalue weighted by molar-refractivity contribution is -0.120. The van der Waals surface area contributed by atoms with E-state index >= 15 is 0 Å². The number of amides is 1. The zero-order valence-corrected chi connectivity index (χ0v) is 11.8. The van der Waals surface area contributed by atoms with E-state index in [4.69, 9.17) is 4.74 Å². The lowest BCUT2D eigenvalue weighted by atomic mass is 10.0. The molecule has 1 heterocycles. The Morgan fingerprint density at radius 2 is 2.05 bits per heavy atom. The van der Waals surface area contributed by atoms with Crippen molar-refractivity contribution in [3.63, 3.8) is 0 Å². The zero-order valence-electron chi connectivity index (χ0n) is 10.9. The smallest absolute Gasteiger partial charge is 0.288 e. The highest BCUT2D eigenvalue weighted by Crippen LogP contribution is 2.26. The number of nitrogens with one attached hydrogen (secondary N) is 2. The Bertz CT molecular complexity index is 456. The Morgan fingerprint density at radius 1 is 1.35 bits per heavy atom. The number of anilines is 1. The third-order valence-electron chi connectivity index (χ3n) is 3.14. The van der Waals surface area contributed by atoms with Gasteiger partial charge in [0, 0.05) is 16.6 Å². The SMILES string of the molecule is CNC1COCC1C(=O)Nc1ccc(SC(F)F)cc1. The molecule has 0 aliphatic carbocycles. The Balaban J connectivity index is 1.94. The van der Waals surface area contributed by atoms with E-state index in [1.54, 1.807) is 31.3 Å². The molecule has 0 spiro atoms. The first-order valence-corrected chi connectivity index (χ1v) is 7.09. The van der Waals surface area contributed by atoms with Crippen LogP contribution in [0.15, 0.2) is 29.2 Å². The van der Waals surface area contributed by atoms with Gasteiger partial charge in [0.1, 0.15) is 0 Å². The minimum Gasteiger partial charge on any atom is -0.379 e. The lowest BCUT2D eigenvalue weighted by Crippen LogP contribution is -2.39. The maximum atomic E-state index is 12.2. The van der Waals surface area contributed by atoms with E-state index in [1.807, 2.05) is 0 Å². The average molecular weight is 302 g/mol. The summed E-state index contributed by atoms with van der Waals surface area (Å²) in [5, 5.41) is 5.81. The number of rotatable bonds is 5. The molecule has 0 saturated carbocycles. The van der Waals surface area contributed by atoms with Gasteiger partial charge < -0.3 is 15.4 Å². The summed E-state index contributed by atoms with van der Waals surface area (Å²) in [5.41, 5.74) is 0.593. The van der Waals surface area contributed by atoms with E-state index in [9.17, 15) is 13.6 Å². The van der Waals surface area contributed by atoms with Crippen molar-refractivity contribution in [2.45, 2.75) is 16.7 Å². The maximum Gasteiger partial charge on any atom is 0.288 e. The van der Waals surface area contributed by atoms with E-state index in [1.165, 1.54) is 0 Å². The van der Waals surface area contributed by atoms with Crippen LogP contribution in [0.5, 0.6) is 0 Å². The van der Waals surface area contributed by atoms with Crippen molar-refractivity contribution in [3.8, 4) is 0 Å². The molecule has 1 aromatic carbocycles. The molecule has 2 unspecified atom stereocenters. The molecule has 1 saturated heterocycles. The molecule has 7 heteroatoms. The molecule has 0 radical (unpaired) electrons. The Morgan fingerprint density at radius 3 is 2.65 bits per heavy atom. The second kappa shape index (κ2) is 7.01. The van der Waals surface area contributed by atoms with E-state index in [2.05, 4.69) is 10.6 Å². The quantitative estimate of drug-likeness (QED) is 0.819. The predicted molar refractivity (Wildman–Crippen MR) is 74.1 cm³/mol. The first-order valence-electron chi connectivity index (χ1n) is 6.21. The minimum atomic E-state index is -2.44. The maximum absolute atomic E-state index is 12.2. The lowest BCUT2D eigenvalue weighted by Gasteiger charge is -2.16. The summed E-state index contributed by atoms with van der Waals surface area (Å²) in [6.45, 7) is 0.898. The normalized spacial score (nSPS) is 22.2. The van der Waals surface area contributed by atoms with E-state index in [-0.39, 0.29) is 17.9 Å². The molecule has 1 aliphatic heterocycles. The molecule has 2 N–H and O–H groups in total. The van der Waals surface area contributed by atoms with Gasteiger partial charge >= 0.3 is 0 Å². The summed E-state index contributed by atoms with van der Waals surface area (Å²) in [4.78, 5) is 12.6. The molecule has 0 bridgehead atoms. The Labute approximate surface area is 120 Å². The monoisotopic (exact) mass is 302 g/mol. The van der Waals surface area contributed by atoms with Crippen LogP contribution < -0.4 is 10.6 Å². The van der Waals surface area contributed by atoms with Crippen molar-refractivity contribution in [2.75, 3.05) is 25.6 Å². The van der Waals surface area contributed by atoms with Crippen LogP contribution in [0.4, 0.5) is 14.5 Å². The number of hydrogen-bond acceptors (Lipinski definition) is 4.